The molecular formula is C13H17N5OS. The topological polar surface area (TPSA) is 71.8 Å². The van der Waals surface area contributed by atoms with Crippen molar-refractivity contribution in [2.75, 3.05) is 13.1 Å². The number of nitrogens with one attached hydrogen (secondary N) is 2. The van der Waals surface area contributed by atoms with Gasteiger partial charge in [0.25, 0.3) is 5.91 Å². The Labute approximate surface area is 121 Å². The van der Waals surface area contributed by atoms with Gasteiger partial charge >= 0.3 is 0 Å². The predicted molar refractivity (Wildman–Crippen MR) is 76.9 cm³/mol. The highest BCUT2D eigenvalue weighted by Crippen LogP contribution is 2.12. The maximum atomic E-state index is 12.1. The van der Waals surface area contributed by atoms with E-state index in [1.165, 1.54) is 4.88 Å². The summed E-state index contributed by atoms with van der Waals surface area (Å²) in [6.07, 6.45) is 2.56. The maximum absolute atomic E-state index is 12.1. The molecule has 20 heavy (non-hydrogen) atoms. The van der Waals surface area contributed by atoms with E-state index in [1.54, 1.807) is 22.2 Å². The van der Waals surface area contributed by atoms with E-state index in [2.05, 4.69) is 27.0 Å². The molecule has 0 spiro atoms. The van der Waals surface area contributed by atoms with E-state index in [-0.39, 0.29) is 11.9 Å². The molecule has 3 rings (SSSR count). The summed E-state index contributed by atoms with van der Waals surface area (Å²) in [7, 11) is 0. The molecule has 0 bridgehead atoms. The first-order valence-corrected chi connectivity index (χ1v) is 7.56. The van der Waals surface area contributed by atoms with Gasteiger partial charge in [-0.05, 0) is 18.4 Å². The molecule has 7 heteroatoms. The van der Waals surface area contributed by atoms with Crippen LogP contribution in [-0.4, -0.2) is 40.0 Å². The molecule has 2 N–H and O–H groups in total. The summed E-state index contributed by atoms with van der Waals surface area (Å²) < 4.78 is 1.76. The molecule has 1 aliphatic heterocycles. The van der Waals surface area contributed by atoms with Crippen molar-refractivity contribution >= 4 is 17.2 Å². The normalized spacial score (nSPS) is 16.6. The Balaban J connectivity index is 1.56. The Morgan fingerprint density at radius 3 is 3.15 bits per heavy atom. The molecule has 0 aromatic carbocycles. The van der Waals surface area contributed by atoms with Crippen LogP contribution in [0.2, 0.25) is 0 Å². The lowest BCUT2D eigenvalue weighted by Crippen LogP contribution is -2.43. The van der Waals surface area contributed by atoms with Crippen LogP contribution in [0.5, 0.6) is 0 Å². The highest BCUT2D eigenvalue weighted by Gasteiger charge is 2.22. The van der Waals surface area contributed by atoms with Crippen molar-refractivity contribution in [1.82, 2.24) is 25.6 Å². The molecule has 2 aromatic rings. The number of rotatable bonds is 5. The number of carbonyl (C=O) groups excluding carboxylic acids is 1. The zero-order valence-corrected chi connectivity index (χ0v) is 12.1. The Kier molecular flexibility index (Phi) is 3.79. The average molecular weight is 291 g/mol. The van der Waals surface area contributed by atoms with E-state index in [4.69, 9.17) is 0 Å². The van der Waals surface area contributed by atoms with Gasteiger partial charge in [0.15, 0.2) is 5.69 Å². The van der Waals surface area contributed by atoms with Crippen LogP contribution in [0.15, 0.2) is 23.7 Å². The van der Waals surface area contributed by atoms with Crippen LogP contribution < -0.4 is 10.6 Å². The van der Waals surface area contributed by atoms with Crippen molar-refractivity contribution in [2.45, 2.75) is 25.4 Å². The van der Waals surface area contributed by atoms with Crippen LogP contribution in [0, 0.1) is 0 Å². The average Bonchev–Trinajstić information content (AvgIpc) is 2.97. The van der Waals surface area contributed by atoms with Gasteiger partial charge in [-0.1, -0.05) is 11.3 Å². The molecule has 2 aromatic heterocycles. The lowest BCUT2D eigenvalue weighted by molar-refractivity contribution is 0.0935. The quantitative estimate of drug-likeness (QED) is 0.856. The minimum absolute atomic E-state index is 0.0802. The first-order chi connectivity index (χ1) is 9.72. The number of thiophene rings is 1. The van der Waals surface area contributed by atoms with Crippen molar-refractivity contribution < 1.29 is 4.79 Å². The van der Waals surface area contributed by atoms with Crippen LogP contribution in [0.3, 0.4) is 0 Å². The van der Waals surface area contributed by atoms with Gasteiger partial charge in [-0.2, -0.15) is 0 Å². The minimum Gasteiger partial charge on any atom is -0.348 e. The molecule has 0 aliphatic carbocycles. The molecule has 1 fully saturated rings. The zero-order chi connectivity index (χ0) is 13.9. The molecule has 6 nitrogen and oxygen atoms in total. The highest BCUT2D eigenvalue weighted by atomic mass is 32.1. The summed E-state index contributed by atoms with van der Waals surface area (Å²) in [5, 5.41) is 16.1. The summed E-state index contributed by atoms with van der Waals surface area (Å²) in [6.45, 7) is 3.77. The van der Waals surface area contributed by atoms with Crippen molar-refractivity contribution in [3.05, 3.63) is 34.3 Å². The first-order valence-electron chi connectivity index (χ1n) is 6.68. The van der Waals surface area contributed by atoms with E-state index >= 15 is 0 Å². The molecule has 0 saturated carbocycles. The minimum atomic E-state index is -0.160. The molecule has 1 atom stereocenters. The third-order valence-corrected chi connectivity index (χ3v) is 4.24. The van der Waals surface area contributed by atoms with Gasteiger partial charge in [-0.3, -0.25) is 4.79 Å². The number of aromatic nitrogens is 3. The fraction of sp³-hybridized carbons (Fsp3) is 0.462. The van der Waals surface area contributed by atoms with E-state index < -0.39 is 0 Å². The molecule has 1 aliphatic rings. The van der Waals surface area contributed by atoms with Crippen LogP contribution in [0.25, 0.3) is 0 Å². The summed E-state index contributed by atoms with van der Waals surface area (Å²) in [6, 6.07) is 4.50. The predicted octanol–water partition coefficient (Wildman–Crippen LogP) is 0.845. The highest BCUT2D eigenvalue weighted by molar-refractivity contribution is 7.09. The standard InChI is InChI=1S/C13H17N5OS/c1-9(5-11-3-2-4-20-11)15-13(19)12-8-18(17-16-12)10-6-14-7-10/h2-4,8-10,14H,5-7H2,1H3,(H,15,19). The van der Waals surface area contributed by atoms with E-state index in [0.717, 1.165) is 19.5 Å². The summed E-state index contributed by atoms with van der Waals surface area (Å²) >= 11 is 1.70. The monoisotopic (exact) mass is 291 g/mol. The summed E-state index contributed by atoms with van der Waals surface area (Å²) in [5.41, 5.74) is 0.384. The van der Waals surface area contributed by atoms with Crippen molar-refractivity contribution in [3.63, 3.8) is 0 Å². The Bertz CT molecular complexity index is 575. The van der Waals surface area contributed by atoms with Gasteiger partial charge in [0, 0.05) is 30.4 Å². The van der Waals surface area contributed by atoms with Gasteiger partial charge in [0.1, 0.15) is 0 Å². The smallest absolute Gasteiger partial charge is 0.273 e. The van der Waals surface area contributed by atoms with Crippen LogP contribution in [0.4, 0.5) is 0 Å². The second kappa shape index (κ2) is 5.72. The lowest BCUT2D eigenvalue weighted by atomic mass is 10.2. The van der Waals surface area contributed by atoms with Crippen molar-refractivity contribution in [2.24, 2.45) is 0 Å². The fourth-order valence-corrected chi connectivity index (χ4v) is 2.93. The van der Waals surface area contributed by atoms with E-state index in [0.29, 0.717) is 11.7 Å². The molecule has 1 unspecified atom stereocenters. The third-order valence-electron chi connectivity index (χ3n) is 3.34. The number of hydrogen-bond acceptors (Lipinski definition) is 5. The van der Waals surface area contributed by atoms with Gasteiger partial charge in [0.05, 0.1) is 12.2 Å². The van der Waals surface area contributed by atoms with E-state index in [1.807, 2.05) is 18.4 Å². The van der Waals surface area contributed by atoms with Gasteiger partial charge in [-0.25, -0.2) is 4.68 Å². The number of nitrogens with zero attached hydrogens (tertiary/aromatic N) is 3. The van der Waals surface area contributed by atoms with Crippen molar-refractivity contribution in [1.29, 1.82) is 0 Å². The largest absolute Gasteiger partial charge is 0.348 e. The van der Waals surface area contributed by atoms with E-state index in [9.17, 15) is 4.79 Å². The van der Waals surface area contributed by atoms with Gasteiger partial charge in [-0.15, -0.1) is 16.4 Å². The zero-order valence-electron chi connectivity index (χ0n) is 11.2. The molecule has 0 radical (unpaired) electrons. The molecular weight excluding hydrogens is 274 g/mol. The number of hydrogen-bond donors (Lipinski definition) is 2. The summed E-state index contributed by atoms with van der Waals surface area (Å²) in [5.74, 6) is -0.160. The van der Waals surface area contributed by atoms with Crippen LogP contribution in [0.1, 0.15) is 28.3 Å². The molecule has 1 amide bonds. The van der Waals surface area contributed by atoms with Crippen LogP contribution >= 0.6 is 11.3 Å². The maximum Gasteiger partial charge on any atom is 0.273 e. The van der Waals surface area contributed by atoms with Crippen molar-refractivity contribution in [3.8, 4) is 0 Å². The Hall–Kier alpha value is -1.73. The third kappa shape index (κ3) is 2.88. The lowest BCUT2D eigenvalue weighted by Gasteiger charge is -2.26. The number of amides is 1. The Morgan fingerprint density at radius 1 is 1.65 bits per heavy atom. The fourth-order valence-electron chi connectivity index (χ4n) is 2.10. The molecule has 3 heterocycles. The van der Waals surface area contributed by atoms with Crippen LogP contribution in [-0.2, 0) is 6.42 Å². The van der Waals surface area contributed by atoms with Gasteiger partial charge < -0.3 is 10.6 Å². The second-order valence-electron chi connectivity index (χ2n) is 5.05. The van der Waals surface area contributed by atoms with Gasteiger partial charge in [0.2, 0.25) is 0 Å². The number of carbonyl (C=O) groups is 1. The molecule has 106 valence electrons. The second-order valence-corrected chi connectivity index (χ2v) is 6.09. The summed E-state index contributed by atoms with van der Waals surface area (Å²) in [4.78, 5) is 13.4. The molecule has 1 saturated heterocycles. The first kappa shape index (κ1) is 13.3. The Morgan fingerprint density at radius 2 is 2.50 bits per heavy atom. The SMILES string of the molecule is CC(Cc1cccs1)NC(=O)c1cn(C2CNC2)nn1.